The highest BCUT2D eigenvalue weighted by Crippen LogP contribution is 2.32. The van der Waals surface area contributed by atoms with Crippen LogP contribution >= 0.6 is 0 Å². The molecule has 0 atom stereocenters. The van der Waals surface area contributed by atoms with Gasteiger partial charge in [-0.2, -0.15) is 0 Å². The highest BCUT2D eigenvalue weighted by molar-refractivity contribution is 5.11. The predicted octanol–water partition coefficient (Wildman–Crippen LogP) is 2.49. The molecule has 124 valence electrons. The molecule has 0 spiro atoms. The van der Waals surface area contributed by atoms with Gasteiger partial charge in [0.25, 0.3) is 0 Å². The van der Waals surface area contributed by atoms with Crippen molar-refractivity contribution < 1.29 is 9.26 Å². The zero-order chi connectivity index (χ0) is 15.2. The number of hydrogen-bond acceptors (Lipinski definition) is 5. The van der Waals surface area contributed by atoms with E-state index in [2.05, 4.69) is 21.0 Å². The average Bonchev–Trinajstić information content (AvgIpc) is 3.04. The Kier molecular flexibility index (Phi) is 5.87. The van der Waals surface area contributed by atoms with Gasteiger partial charge in [-0.05, 0) is 12.8 Å². The topological polar surface area (TPSA) is 41.7 Å². The zero-order valence-corrected chi connectivity index (χ0v) is 13.8. The van der Waals surface area contributed by atoms with Crippen LogP contribution in [0.5, 0.6) is 0 Å². The van der Waals surface area contributed by atoms with Gasteiger partial charge in [0, 0.05) is 51.8 Å². The molecule has 0 unspecified atom stereocenters. The number of piperazine rings is 1. The highest BCUT2D eigenvalue weighted by Gasteiger charge is 2.21. The summed E-state index contributed by atoms with van der Waals surface area (Å²) in [4.78, 5) is 4.93. The summed E-state index contributed by atoms with van der Waals surface area (Å²) in [6.07, 6.45) is 6.63. The Morgan fingerprint density at radius 1 is 1.14 bits per heavy atom. The van der Waals surface area contributed by atoms with Crippen LogP contribution in [0.2, 0.25) is 0 Å². The fourth-order valence-electron chi connectivity index (χ4n) is 3.61. The minimum Gasteiger partial charge on any atom is -0.383 e. The Hall–Kier alpha value is -0.910. The molecule has 0 amide bonds. The second-order valence-corrected chi connectivity index (χ2v) is 6.66. The van der Waals surface area contributed by atoms with Gasteiger partial charge in [-0.25, -0.2) is 0 Å². The van der Waals surface area contributed by atoms with Gasteiger partial charge < -0.3 is 9.26 Å². The summed E-state index contributed by atoms with van der Waals surface area (Å²) in [5, 5.41) is 4.33. The standard InChI is InChI=1S/C17H29N3O2/c1-21-12-11-19-7-9-20(10-8-19)14-16-13-17(18-22-16)15-5-3-2-4-6-15/h13,15H,2-12,14H2,1H3. The molecule has 0 radical (unpaired) electrons. The maximum absolute atomic E-state index is 5.59. The lowest BCUT2D eigenvalue weighted by Gasteiger charge is -2.33. The minimum atomic E-state index is 0.636. The third-order valence-corrected chi connectivity index (χ3v) is 5.06. The first-order valence-electron chi connectivity index (χ1n) is 8.74. The average molecular weight is 307 g/mol. The van der Waals surface area contributed by atoms with E-state index in [1.807, 2.05) is 0 Å². The molecule has 2 fully saturated rings. The summed E-state index contributed by atoms with van der Waals surface area (Å²) < 4.78 is 10.7. The molecule has 1 saturated carbocycles. The second-order valence-electron chi connectivity index (χ2n) is 6.66. The lowest BCUT2D eigenvalue weighted by Crippen LogP contribution is -2.46. The van der Waals surface area contributed by atoms with Crippen LogP contribution in [0.15, 0.2) is 10.6 Å². The van der Waals surface area contributed by atoms with E-state index in [0.717, 1.165) is 51.6 Å². The van der Waals surface area contributed by atoms with Gasteiger partial charge in [-0.3, -0.25) is 9.80 Å². The van der Waals surface area contributed by atoms with Crippen LogP contribution in [0, 0.1) is 0 Å². The zero-order valence-electron chi connectivity index (χ0n) is 13.8. The molecule has 0 aromatic carbocycles. The van der Waals surface area contributed by atoms with Crippen molar-refractivity contribution in [1.29, 1.82) is 0 Å². The van der Waals surface area contributed by atoms with Gasteiger partial charge in [-0.15, -0.1) is 0 Å². The van der Waals surface area contributed by atoms with E-state index in [9.17, 15) is 0 Å². The van der Waals surface area contributed by atoms with E-state index in [4.69, 9.17) is 9.26 Å². The molecule has 1 aromatic heterocycles. The number of ether oxygens (including phenoxy) is 1. The second kappa shape index (κ2) is 8.09. The molecule has 1 aliphatic heterocycles. The van der Waals surface area contributed by atoms with Gasteiger partial charge in [0.2, 0.25) is 0 Å². The maximum Gasteiger partial charge on any atom is 0.150 e. The first-order chi connectivity index (χ1) is 10.8. The van der Waals surface area contributed by atoms with E-state index < -0.39 is 0 Å². The van der Waals surface area contributed by atoms with E-state index in [0.29, 0.717) is 5.92 Å². The molecular formula is C17H29N3O2. The third kappa shape index (κ3) is 4.31. The quantitative estimate of drug-likeness (QED) is 0.807. The van der Waals surface area contributed by atoms with Crippen LogP contribution in [-0.4, -0.2) is 61.4 Å². The van der Waals surface area contributed by atoms with Crippen molar-refractivity contribution in [3.05, 3.63) is 17.5 Å². The SMILES string of the molecule is COCCN1CCN(Cc2cc(C3CCCCC3)no2)CC1. The number of hydrogen-bond donors (Lipinski definition) is 0. The largest absolute Gasteiger partial charge is 0.383 e. The van der Waals surface area contributed by atoms with Crippen LogP contribution in [-0.2, 0) is 11.3 Å². The fraction of sp³-hybridized carbons (Fsp3) is 0.824. The number of rotatable bonds is 6. The maximum atomic E-state index is 5.59. The lowest BCUT2D eigenvalue weighted by molar-refractivity contribution is 0.0892. The molecule has 2 aliphatic rings. The summed E-state index contributed by atoms with van der Waals surface area (Å²) in [7, 11) is 1.77. The van der Waals surface area contributed by atoms with Crippen molar-refractivity contribution in [3.8, 4) is 0 Å². The Balaban J connectivity index is 1.45. The Bertz CT molecular complexity index is 435. The molecule has 5 nitrogen and oxygen atoms in total. The van der Waals surface area contributed by atoms with Crippen molar-refractivity contribution in [2.24, 2.45) is 0 Å². The van der Waals surface area contributed by atoms with Gasteiger partial charge >= 0.3 is 0 Å². The molecule has 0 N–H and O–H groups in total. The molecule has 22 heavy (non-hydrogen) atoms. The summed E-state index contributed by atoms with van der Waals surface area (Å²) >= 11 is 0. The lowest BCUT2D eigenvalue weighted by atomic mass is 9.87. The van der Waals surface area contributed by atoms with Crippen LogP contribution in [0.3, 0.4) is 0 Å². The normalized spacial score (nSPS) is 22.2. The Morgan fingerprint density at radius 3 is 2.59 bits per heavy atom. The molecule has 1 saturated heterocycles. The summed E-state index contributed by atoms with van der Waals surface area (Å²) in [6, 6.07) is 2.20. The van der Waals surface area contributed by atoms with E-state index in [1.54, 1.807) is 7.11 Å². The van der Waals surface area contributed by atoms with Gasteiger partial charge in [0.15, 0.2) is 5.76 Å². The van der Waals surface area contributed by atoms with Crippen molar-refractivity contribution in [2.45, 2.75) is 44.6 Å². The predicted molar refractivity (Wildman–Crippen MR) is 85.9 cm³/mol. The number of methoxy groups -OCH3 is 1. The molecule has 1 aliphatic carbocycles. The van der Waals surface area contributed by atoms with E-state index in [1.165, 1.54) is 37.8 Å². The van der Waals surface area contributed by atoms with Crippen LogP contribution in [0.25, 0.3) is 0 Å². The van der Waals surface area contributed by atoms with Gasteiger partial charge in [-0.1, -0.05) is 24.4 Å². The monoisotopic (exact) mass is 307 g/mol. The smallest absolute Gasteiger partial charge is 0.150 e. The Labute approximate surface area is 133 Å². The summed E-state index contributed by atoms with van der Waals surface area (Å²) in [5.74, 6) is 1.67. The van der Waals surface area contributed by atoms with Crippen molar-refractivity contribution in [3.63, 3.8) is 0 Å². The van der Waals surface area contributed by atoms with Crippen LogP contribution in [0.4, 0.5) is 0 Å². The van der Waals surface area contributed by atoms with Crippen molar-refractivity contribution in [1.82, 2.24) is 15.0 Å². The first kappa shape index (κ1) is 16.0. The summed E-state index contributed by atoms with van der Waals surface area (Å²) in [6.45, 7) is 7.20. The fourth-order valence-corrected chi connectivity index (χ4v) is 3.61. The number of aromatic nitrogens is 1. The van der Waals surface area contributed by atoms with Crippen molar-refractivity contribution >= 4 is 0 Å². The first-order valence-corrected chi connectivity index (χ1v) is 8.74. The van der Waals surface area contributed by atoms with Gasteiger partial charge in [0.05, 0.1) is 18.8 Å². The molecule has 1 aromatic rings. The highest BCUT2D eigenvalue weighted by atomic mass is 16.5. The minimum absolute atomic E-state index is 0.636. The molecule has 3 rings (SSSR count). The van der Waals surface area contributed by atoms with Gasteiger partial charge in [0.1, 0.15) is 0 Å². The third-order valence-electron chi connectivity index (χ3n) is 5.06. The Morgan fingerprint density at radius 2 is 1.86 bits per heavy atom. The molecular weight excluding hydrogens is 278 g/mol. The van der Waals surface area contributed by atoms with E-state index in [-0.39, 0.29) is 0 Å². The molecule has 0 bridgehead atoms. The van der Waals surface area contributed by atoms with Crippen LogP contribution < -0.4 is 0 Å². The summed E-state index contributed by atoms with van der Waals surface area (Å²) in [5.41, 5.74) is 1.19. The van der Waals surface area contributed by atoms with Crippen LogP contribution in [0.1, 0.15) is 49.5 Å². The van der Waals surface area contributed by atoms with E-state index >= 15 is 0 Å². The molecule has 2 heterocycles. The number of nitrogens with zero attached hydrogens (tertiary/aromatic N) is 3. The molecule has 5 heteroatoms. The van der Waals surface area contributed by atoms with Crippen molar-refractivity contribution in [2.75, 3.05) is 46.4 Å².